The van der Waals surface area contributed by atoms with E-state index in [1.807, 2.05) is 6.07 Å². The van der Waals surface area contributed by atoms with Crippen LogP contribution in [0.1, 0.15) is 40.9 Å². The normalized spacial score (nSPS) is 15.5. The van der Waals surface area contributed by atoms with E-state index in [1.165, 1.54) is 12.6 Å². The van der Waals surface area contributed by atoms with Gasteiger partial charge in [-0.3, -0.25) is 15.1 Å². The monoisotopic (exact) mass is 264 g/mol. The molecule has 1 amide bonds. The Labute approximate surface area is 111 Å². The quantitative estimate of drug-likeness (QED) is 0.366. The molecule has 0 aromatic carbocycles. The van der Waals surface area contributed by atoms with Gasteiger partial charge in [0.1, 0.15) is 0 Å². The lowest BCUT2D eigenvalue weighted by Gasteiger charge is -2.08. The van der Waals surface area contributed by atoms with Gasteiger partial charge >= 0.3 is 0 Å². The van der Waals surface area contributed by atoms with Gasteiger partial charge in [-0.2, -0.15) is 0 Å². The van der Waals surface area contributed by atoms with Crippen LogP contribution in [-0.2, 0) is 12.8 Å². The number of rotatable bonds is 2. The molecule has 0 saturated carbocycles. The van der Waals surface area contributed by atoms with E-state index < -0.39 is 12.7 Å². The number of guanidine groups is 1. The number of aromatic nitrogens is 1. The molecule has 0 radical (unpaired) electrons. The summed E-state index contributed by atoms with van der Waals surface area (Å²) in [4.78, 5) is 19.5. The Morgan fingerprint density at radius 1 is 1.42 bits per heavy atom. The molecule has 19 heavy (non-hydrogen) atoms. The van der Waals surface area contributed by atoms with Gasteiger partial charge in [0.25, 0.3) is 5.91 Å². The van der Waals surface area contributed by atoms with Crippen LogP contribution in [-0.4, -0.2) is 23.6 Å². The molecule has 5 nitrogen and oxygen atoms in total. The van der Waals surface area contributed by atoms with Crippen LogP contribution >= 0.6 is 0 Å². The molecule has 102 valence electrons. The van der Waals surface area contributed by atoms with Gasteiger partial charge in [0.2, 0.25) is 0 Å². The predicted octanol–water partition coefficient (Wildman–Crippen LogP) is 1.32. The van der Waals surface area contributed by atoms with Crippen LogP contribution in [0.4, 0.5) is 4.39 Å². The fraction of sp³-hybridized carbons (Fsp3) is 0.462. The molecule has 0 spiro atoms. The number of alkyl halides is 1. The Hall–Kier alpha value is -1.98. The van der Waals surface area contributed by atoms with Crippen LogP contribution in [0.5, 0.6) is 0 Å². The molecule has 1 aromatic heterocycles. The maximum Gasteiger partial charge on any atom is 0.259 e. The second kappa shape index (κ2) is 6.26. The SMILES string of the molecule is NC(=NCF)NC(=O)c1cnc2c(c1)CCCCC2. The number of aryl methyl sites for hydroxylation is 2. The first-order chi connectivity index (χ1) is 9.20. The first-order valence-electron chi connectivity index (χ1n) is 6.35. The lowest BCUT2D eigenvalue weighted by molar-refractivity contribution is 0.0976. The van der Waals surface area contributed by atoms with E-state index in [2.05, 4.69) is 15.3 Å². The van der Waals surface area contributed by atoms with E-state index in [-0.39, 0.29) is 5.96 Å². The van der Waals surface area contributed by atoms with Crippen molar-refractivity contribution < 1.29 is 9.18 Å². The minimum Gasteiger partial charge on any atom is -0.370 e. The molecular weight excluding hydrogens is 247 g/mol. The zero-order valence-electron chi connectivity index (χ0n) is 10.7. The molecule has 0 aliphatic heterocycles. The first kappa shape index (κ1) is 13.5. The van der Waals surface area contributed by atoms with Crippen LogP contribution in [0, 0.1) is 0 Å². The molecule has 0 saturated heterocycles. The minimum atomic E-state index is -0.950. The van der Waals surface area contributed by atoms with Gasteiger partial charge in [-0.15, -0.1) is 0 Å². The van der Waals surface area contributed by atoms with E-state index in [9.17, 15) is 9.18 Å². The van der Waals surface area contributed by atoms with Crippen molar-refractivity contribution in [2.45, 2.75) is 32.1 Å². The number of aliphatic imine (C=N–C) groups is 1. The van der Waals surface area contributed by atoms with Crippen molar-refractivity contribution in [3.63, 3.8) is 0 Å². The largest absolute Gasteiger partial charge is 0.370 e. The molecule has 1 aliphatic rings. The smallest absolute Gasteiger partial charge is 0.259 e. The molecule has 1 aromatic rings. The molecule has 0 bridgehead atoms. The predicted molar refractivity (Wildman–Crippen MR) is 70.6 cm³/mol. The number of nitrogens with zero attached hydrogens (tertiary/aromatic N) is 2. The van der Waals surface area contributed by atoms with Gasteiger partial charge in [0.05, 0.1) is 5.56 Å². The molecule has 0 unspecified atom stereocenters. The van der Waals surface area contributed by atoms with Crippen molar-refractivity contribution >= 4 is 11.9 Å². The Morgan fingerprint density at radius 2 is 2.21 bits per heavy atom. The van der Waals surface area contributed by atoms with E-state index in [1.54, 1.807) is 0 Å². The summed E-state index contributed by atoms with van der Waals surface area (Å²) in [5.74, 6) is -0.628. The Balaban J connectivity index is 2.15. The van der Waals surface area contributed by atoms with Crippen molar-refractivity contribution in [3.05, 3.63) is 29.1 Å². The first-order valence-corrected chi connectivity index (χ1v) is 6.35. The van der Waals surface area contributed by atoms with Crippen LogP contribution in [0.25, 0.3) is 0 Å². The fourth-order valence-corrected chi connectivity index (χ4v) is 2.18. The molecule has 0 atom stereocenters. The van der Waals surface area contributed by atoms with Gasteiger partial charge in [0, 0.05) is 11.9 Å². The molecule has 2 rings (SSSR count). The standard InChI is InChI=1S/C13H17FN4O/c14-8-17-13(15)18-12(19)10-6-9-4-2-1-3-5-11(9)16-7-10/h6-7H,1-5,8H2,(H3,15,17,18,19). The zero-order chi connectivity index (χ0) is 13.7. The summed E-state index contributed by atoms with van der Waals surface area (Å²) < 4.78 is 11.9. The van der Waals surface area contributed by atoms with Crippen molar-refractivity contribution in [2.75, 3.05) is 6.80 Å². The maximum absolute atomic E-state index is 11.9. The van der Waals surface area contributed by atoms with Crippen LogP contribution < -0.4 is 11.1 Å². The van der Waals surface area contributed by atoms with Gasteiger partial charge in [0.15, 0.2) is 12.8 Å². The number of fused-ring (bicyclic) bond motifs is 1. The van der Waals surface area contributed by atoms with Crippen LogP contribution in [0.2, 0.25) is 0 Å². The number of hydrogen-bond acceptors (Lipinski definition) is 3. The number of hydrogen-bond donors (Lipinski definition) is 2. The number of halogens is 1. The average Bonchev–Trinajstić information content (AvgIpc) is 2.63. The van der Waals surface area contributed by atoms with Crippen molar-refractivity contribution in [1.82, 2.24) is 10.3 Å². The lowest BCUT2D eigenvalue weighted by Crippen LogP contribution is -2.37. The Bertz CT molecular complexity index is 501. The third-order valence-corrected chi connectivity index (χ3v) is 3.15. The number of carbonyl (C=O) groups is 1. The number of carbonyl (C=O) groups excluding carboxylic acids is 1. The molecule has 1 aliphatic carbocycles. The summed E-state index contributed by atoms with van der Waals surface area (Å²) in [7, 11) is 0. The van der Waals surface area contributed by atoms with Crippen molar-refractivity contribution in [1.29, 1.82) is 0 Å². The summed E-state index contributed by atoms with van der Waals surface area (Å²) in [5, 5.41) is 2.33. The van der Waals surface area contributed by atoms with E-state index in [0.717, 1.165) is 36.9 Å². The molecule has 3 N–H and O–H groups in total. The summed E-state index contributed by atoms with van der Waals surface area (Å²) in [6.07, 6.45) is 6.88. The number of nitrogens with one attached hydrogen (secondary N) is 1. The van der Waals surface area contributed by atoms with Gasteiger partial charge in [-0.25, -0.2) is 9.38 Å². The molecule has 1 heterocycles. The third kappa shape index (κ3) is 3.49. The number of amides is 1. The summed E-state index contributed by atoms with van der Waals surface area (Å²) in [6, 6.07) is 1.84. The second-order valence-electron chi connectivity index (χ2n) is 4.51. The topological polar surface area (TPSA) is 80.4 Å². The number of pyridine rings is 1. The van der Waals surface area contributed by atoms with Gasteiger partial charge < -0.3 is 5.73 Å². The Kier molecular flexibility index (Phi) is 4.43. The summed E-state index contributed by atoms with van der Waals surface area (Å²) >= 11 is 0. The van der Waals surface area contributed by atoms with Crippen molar-refractivity contribution in [3.8, 4) is 0 Å². The van der Waals surface area contributed by atoms with E-state index in [0.29, 0.717) is 5.56 Å². The maximum atomic E-state index is 11.9. The number of nitrogens with two attached hydrogens (primary N) is 1. The van der Waals surface area contributed by atoms with Crippen LogP contribution in [0.15, 0.2) is 17.3 Å². The highest BCUT2D eigenvalue weighted by Crippen LogP contribution is 2.19. The Morgan fingerprint density at radius 3 is 3.00 bits per heavy atom. The second-order valence-corrected chi connectivity index (χ2v) is 4.51. The van der Waals surface area contributed by atoms with Gasteiger partial charge in [-0.05, 0) is 37.3 Å². The third-order valence-electron chi connectivity index (χ3n) is 3.15. The highest BCUT2D eigenvalue weighted by atomic mass is 19.1. The van der Waals surface area contributed by atoms with Crippen LogP contribution in [0.3, 0.4) is 0 Å². The highest BCUT2D eigenvalue weighted by molar-refractivity contribution is 6.05. The van der Waals surface area contributed by atoms with E-state index >= 15 is 0 Å². The molecular formula is C13H17FN4O. The zero-order valence-corrected chi connectivity index (χ0v) is 10.7. The lowest BCUT2D eigenvalue weighted by atomic mass is 10.1. The van der Waals surface area contributed by atoms with Gasteiger partial charge in [-0.1, -0.05) is 6.42 Å². The minimum absolute atomic E-state index is 0.220. The average molecular weight is 264 g/mol. The fourth-order valence-electron chi connectivity index (χ4n) is 2.18. The molecule has 6 heteroatoms. The summed E-state index contributed by atoms with van der Waals surface area (Å²) in [6.45, 7) is -0.950. The molecule has 0 fully saturated rings. The highest BCUT2D eigenvalue weighted by Gasteiger charge is 2.13. The van der Waals surface area contributed by atoms with Crippen molar-refractivity contribution in [2.24, 2.45) is 10.7 Å². The summed E-state index contributed by atoms with van der Waals surface area (Å²) in [5.41, 5.74) is 7.96. The van der Waals surface area contributed by atoms with E-state index in [4.69, 9.17) is 5.73 Å².